The number of hydrogen-bond donors (Lipinski definition) is 0. The second-order valence-electron chi connectivity index (χ2n) is 5.45. The van der Waals surface area contributed by atoms with Gasteiger partial charge in [0.15, 0.2) is 5.71 Å². The number of rotatable bonds is 2. The zero-order chi connectivity index (χ0) is 16.4. The van der Waals surface area contributed by atoms with E-state index < -0.39 is 23.4 Å². The third kappa shape index (κ3) is 3.57. The largest absolute Gasteiger partial charge is 0.437 e. The number of anilines is 1. The molecule has 0 atom stereocenters. The second-order valence-corrected chi connectivity index (χ2v) is 6.55. The Balaban J connectivity index is 1.82. The lowest BCUT2D eigenvalue weighted by Gasteiger charge is -2.19. The molecule has 2 aliphatic rings. The Morgan fingerprint density at radius 2 is 1.87 bits per heavy atom. The van der Waals surface area contributed by atoms with Gasteiger partial charge in [-0.25, -0.2) is 4.79 Å². The summed E-state index contributed by atoms with van der Waals surface area (Å²) in [7, 11) is 0. The monoisotopic (exact) mass is 344 g/mol. The number of oxime groups is 1. The molecule has 0 radical (unpaired) electrons. The van der Waals surface area contributed by atoms with Crippen LogP contribution in [0.2, 0.25) is 0 Å². The van der Waals surface area contributed by atoms with Gasteiger partial charge in [-0.15, -0.1) is 11.3 Å². The summed E-state index contributed by atoms with van der Waals surface area (Å²) in [6, 6.07) is 3.60. The van der Waals surface area contributed by atoms with E-state index in [0.717, 1.165) is 30.9 Å². The lowest BCUT2D eigenvalue weighted by molar-refractivity contribution is -0.136. The lowest BCUT2D eigenvalue weighted by atomic mass is 10.1. The minimum atomic E-state index is -4.71. The molecular formula is C15H15F3N2O2S. The molecule has 0 aliphatic carbocycles. The highest BCUT2D eigenvalue weighted by atomic mass is 32.1. The summed E-state index contributed by atoms with van der Waals surface area (Å²) in [4.78, 5) is 18.5. The van der Waals surface area contributed by atoms with Crippen LogP contribution in [0, 0.1) is 0 Å². The number of hydrogen-bond acceptors (Lipinski definition) is 5. The number of alkyl halides is 3. The number of halogens is 3. The molecule has 1 aromatic heterocycles. The van der Waals surface area contributed by atoms with Gasteiger partial charge in [0, 0.05) is 18.0 Å². The summed E-state index contributed by atoms with van der Waals surface area (Å²) in [6.45, 7) is 1.90. The first-order valence-corrected chi connectivity index (χ1v) is 8.20. The van der Waals surface area contributed by atoms with Gasteiger partial charge in [0.25, 0.3) is 0 Å². The molecule has 2 aliphatic heterocycles. The van der Waals surface area contributed by atoms with Crippen molar-refractivity contribution in [1.29, 1.82) is 0 Å². The van der Waals surface area contributed by atoms with Gasteiger partial charge in [0.1, 0.15) is 0 Å². The highest BCUT2D eigenvalue weighted by molar-refractivity contribution is 7.17. The standard InChI is InChI=1S/C15H15F3N2O2S/c16-15(17,18)13-11(14(21)22-19-13)9-10-5-6-12(23-10)20-7-3-1-2-4-8-20/h5-6,9H,1-4,7-8H2. The molecule has 0 aromatic carbocycles. The van der Waals surface area contributed by atoms with Crippen molar-refractivity contribution in [3.63, 3.8) is 0 Å². The van der Waals surface area contributed by atoms with Crippen molar-refractivity contribution in [2.45, 2.75) is 31.9 Å². The van der Waals surface area contributed by atoms with Crippen molar-refractivity contribution in [1.82, 2.24) is 0 Å². The molecule has 0 unspecified atom stereocenters. The Morgan fingerprint density at radius 3 is 2.52 bits per heavy atom. The van der Waals surface area contributed by atoms with Crippen LogP contribution >= 0.6 is 11.3 Å². The predicted octanol–water partition coefficient (Wildman–Crippen LogP) is 3.99. The van der Waals surface area contributed by atoms with E-state index in [-0.39, 0.29) is 0 Å². The van der Waals surface area contributed by atoms with Crippen LogP contribution in [0.15, 0.2) is 22.9 Å². The van der Waals surface area contributed by atoms with Crippen LogP contribution < -0.4 is 4.90 Å². The predicted molar refractivity (Wildman–Crippen MR) is 82.6 cm³/mol. The van der Waals surface area contributed by atoms with Gasteiger partial charge < -0.3 is 9.74 Å². The van der Waals surface area contributed by atoms with Crippen molar-refractivity contribution in [2.75, 3.05) is 18.0 Å². The minimum absolute atomic E-state index is 0.540. The van der Waals surface area contributed by atoms with Crippen LogP contribution in [0.4, 0.5) is 18.2 Å². The van der Waals surface area contributed by atoms with Crippen LogP contribution in [-0.2, 0) is 9.63 Å². The Hall–Kier alpha value is -1.83. The van der Waals surface area contributed by atoms with Gasteiger partial charge >= 0.3 is 12.1 Å². The number of carbonyl (C=O) groups excluding carboxylic acids is 1. The molecule has 1 saturated heterocycles. The van der Waals surface area contributed by atoms with Crippen LogP contribution in [0.3, 0.4) is 0 Å². The molecular weight excluding hydrogens is 329 g/mol. The fourth-order valence-corrected chi connectivity index (χ4v) is 3.64. The molecule has 8 heteroatoms. The van der Waals surface area contributed by atoms with Crippen molar-refractivity contribution in [2.24, 2.45) is 5.16 Å². The van der Waals surface area contributed by atoms with E-state index >= 15 is 0 Å². The van der Waals surface area contributed by atoms with Gasteiger partial charge in [-0.1, -0.05) is 18.0 Å². The molecule has 124 valence electrons. The quantitative estimate of drug-likeness (QED) is 0.602. The molecule has 3 rings (SSSR count). The maximum absolute atomic E-state index is 12.8. The molecule has 1 fully saturated rings. The van der Waals surface area contributed by atoms with E-state index in [1.165, 1.54) is 30.3 Å². The number of thiophene rings is 1. The first-order valence-electron chi connectivity index (χ1n) is 7.38. The first kappa shape index (κ1) is 16.0. The Morgan fingerprint density at radius 1 is 1.17 bits per heavy atom. The fourth-order valence-electron chi connectivity index (χ4n) is 2.64. The minimum Gasteiger partial charge on any atom is -0.363 e. The van der Waals surface area contributed by atoms with Gasteiger partial charge in [0.05, 0.1) is 10.6 Å². The highest BCUT2D eigenvalue weighted by Crippen LogP contribution is 2.32. The summed E-state index contributed by atoms with van der Waals surface area (Å²) in [5.41, 5.74) is -1.81. The molecule has 3 heterocycles. The van der Waals surface area contributed by atoms with Gasteiger partial charge in [-0.05, 0) is 31.1 Å². The molecule has 4 nitrogen and oxygen atoms in total. The topological polar surface area (TPSA) is 41.9 Å². The average molecular weight is 344 g/mol. The number of carbonyl (C=O) groups is 1. The summed E-state index contributed by atoms with van der Waals surface area (Å²) in [5.74, 6) is -1.07. The lowest BCUT2D eigenvalue weighted by Crippen LogP contribution is -2.24. The van der Waals surface area contributed by atoms with E-state index in [1.807, 2.05) is 6.07 Å². The third-order valence-electron chi connectivity index (χ3n) is 3.78. The second kappa shape index (κ2) is 6.35. The molecule has 0 spiro atoms. The highest BCUT2D eigenvalue weighted by Gasteiger charge is 2.45. The first-order chi connectivity index (χ1) is 10.9. The van der Waals surface area contributed by atoms with Crippen LogP contribution in [0.1, 0.15) is 30.6 Å². The third-order valence-corrected chi connectivity index (χ3v) is 4.87. The van der Waals surface area contributed by atoms with Crippen LogP contribution in [0.25, 0.3) is 6.08 Å². The summed E-state index contributed by atoms with van der Waals surface area (Å²) in [5, 5.41) is 3.85. The Kier molecular flexibility index (Phi) is 4.43. The molecule has 0 N–H and O–H groups in total. The fraction of sp³-hybridized carbons (Fsp3) is 0.467. The molecule has 0 amide bonds. The van der Waals surface area contributed by atoms with E-state index in [4.69, 9.17) is 0 Å². The molecule has 0 bridgehead atoms. The normalized spacial score (nSPS) is 21.3. The van der Waals surface area contributed by atoms with Gasteiger partial charge in [-0.3, -0.25) is 0 Å². The van der Waals surface area contributed by atoms with Crippen molar-refractivity contribution < 1.29 is 22.8 Å². The smallest absolute Gasteiger partial charge is 0.363 e. The maximum atomic E-state index is 12.8. The zero-order valence-corrected chi connectivity index (χ0v) is 13.0. The molecule has 1 aromatic rings. The van der Waals surface area contributed by atoms with E-state index in [1.54, 1.807) is 6.07 Å². The van der Waals surface area contributed by atoms with E-state index in [9.17, 15) is 18.0 Å². The number of nitrogens with zero attached hydrogens (tertiary/aromatic N) is 2. The molecule has 23 heavy (non-hydrogen) atoms. The van der Waals surface area contributed by atoms with Crippen LogP contribution in [0.5, 0.6) is 0 Å². The van der Waals surface area contributed by atoms with Gasteiger partial charge in [-0.2, -0.15) is 13.2 Å². The Labute approximate surface area is 135 Å². The Bertz CT molecular complexity index is 656. The summed E-state index contributed by atoms with van der Waals surface area (Å²) in [6.07, 6.45) is 1.14. The summed E-state index contributed by atoms with van der Waals surface area (Å²) >= 11 is 1.37. The van der Waals surface area contributed by atoms with Crippen LogP contribution in [-0.4, -0.2) is 30.9 Å². The van der Waals surface area contributed by atoms with Crippen molar-refractivity contribution in [3.05, 3.63) is 22.6 Å². The summed E-state index contributed by atoms with van der Waals surface area (Å²) < 4.78 is 38.5. The van der Waals surface area contributed by atoms with E-state index in [0.29, 0.717) is 4.88 Å². The maximum Gasteiger partial charge on any atom is 0.437 e. The van der Waals surface area contributed by atoms with Crippen molar-refractivity contribution >= 4 is 34.1 Å². The average Bonchev–Trinajstić information content (AvgIpc) is 2.98. The van der Waals surface area contributed by atoms with E-state index in [2.05, 4.69) is 14.9 Å². The molecule has 0 saturated carbocycles. The zero-order valence-electron chi connectivity index (χ0n) is 12.2. The SMILES string of the molecule is O=C1ON=C(C(F)(F)F)C1=Cc1ccc(N2CCCCCC2)s1. The van der Waals surface area contributed by atoms with Gasteiger partial charge in [0.2, 0.25) is 0 Å². The van der Waals surface area contributed by atoms with Crippen molar-refractivity contribution in [3.8, 4) is 0 Å².